The number of benzene rings is 1. The third kappa shape index (κ3) is 1.79. The number of nitrogens with one attached hydrogen (secondary N) is 1. The van der Waals surface area contributed by atoms with Crippen molar-refractivity contribution in [2.24, 2.45) is 0 Å². The Bertz CT molecular complexity index is 478. The molecule has 0 saturated heterocycles. The molecule has 0 bridgehead atoms. The van der Waals surface area contributed by atoms with Crippen LogP contribution in [0.4, 0.5) is 5.69 Å². The molecule has 0 heterocycles. The van der Waals surface area contributed by atoms with Crippen molar-refractivity contribution in [2.75, 3.05) is 12.8 Å². The zero-order valence-electron chi connectivity index (χ0n) is 8.53. The van der Waals surface area contributed by atoms with Crippen LogP contribution in [-0.2, 0) is 9.73 Å². The van der Waals surface area contributed by atoms with Crippen molar-refractivity contribution in [2.45, 2.75) is 23.0 Å². The number of anilines is 1. The summed E-state index contributed by atoms with van der Waals surface area (Å²) in [6.07, 6.45) is 1.77. The molecule has 0 aromatic heterocycles. The van der Waals surface area contributed by atoms with Crippen molar-refractivity contribution in [3.63, 3.8) is 0 Å². The maximum Gasteiger partial charge on any atom is 0.142 e. The fourth-order valence-corrected chi connectivity index (χ4v) is 3.21. The molecule has 2 rings (SSSR count). The molecule has 1 aromatic carbocycles. The standard InChI is InChI=1S/C10H14N2O2S/c1-14-10-6-8(4-5-9(10)11)15(12,13)7-2-3-7/h4-7,12H,2-3,11H2,1H3. The molecule has 1 saturated carbocycles. The average molecular weight is 226 g/mol. The van der Waals surface area contributed by atoms with E-state index in [2.05, 4.69) is 0 Å². The molecule has 0 amide bonds. The summed E-state index contributed by atoms with van der Waals surface area (Å²) in [5, 5.41) is 0.0193. The van der Waals surface area contributed by atoms with Crippen molar-refractivity contribution >= 4 is 15.4 Å². The van der Waals surface area contributed by atoms with Crippen LogP contribution in [0.15, 0.2) is 23.1 Å². The van der Waals surface area contributed by atoms with Gasteiger partial charge in [-0.15, -0.1) is 0 Å². The van der Waals surface area contributed by atoms with Gasteiger partial charge >= 0.3 is 0 Å². The van der Waals surface area contributed by atoms with Gasteiger partial charge in [-0.05, 0) is 31.0 Å². The number of rotatable bonds is 3. The zero-order valence-corrected chi connectivity index (χ0v) is 9.34. The third-order valence-corrected chi connectivity index (χ3v) is 4.91. The summed E-state index contributed by atoms with van der Waals surface area (Å²) < 4.78 is 25.0. The van der Waals surface area contributed by atoms with E-state index >= 15 is 0 Å². The summed E-state index contributed by atoms with van der Waals surface area (Å²) in [5.41, 5.74) is 6.16. The van der Waals surface area contributed by atoms with Gasteiger partial charge in [-0.1, -0.05) is 0 Å². The van der Waals surface area contributed by atoms with Gasteiger partial charge < -0.3 is 10.5 Å². The van der Waals surface area contributed by atoms with Crippen LogP contribution in [0.5, 0.6) is 5.75 Å². The van der Waals surface area contributed by atoms with E-state index in [0.29, 0.717) is 16.3 Å². The van der Waals surface area contributed by atoms with Gasteiger partial charge in [-0.2, -0.15) is 0 Å². The first kappa shape index (κ1) is 10.3. The number of nitrogens with two attached hydrogens (primary N) is 1. The molecule has 1 atom stereocenters. The highest BCUT2D eigenvalue weighted by atomic mass is 32.2. The first-order valence-electron chi connectivity index (χ1n) is 4.77. The summed E-state index contributed by atoms with van der Waals surface area (Å²) in [6, 6.07) is 4.92. The highest BCUT2D eigenvalue weighted by molar-refractivity contribution is 7.93. The SMILES string of the molecule is COc1cc(S(=N)(=O)C2CC2)ccc1N. The topological polar surface area (TPSA) is 76.2 Å². The predicted octanol–water partition coefficient (Wildman–Crippen LogP) is 1.85. The van der Waals surface area contributed by atoms with Gasteiger partial charge in [0.15, 0.2) is 0 Å². The maximum absolute atomic E-state index is 12.1. The molecule has 0 radical (unpaired) electrons. The molecule has 0 aliphatic heterocycles. The van der Waals surface area contributed by atoms with E-state index in [9.17, 15) is 4.21 Å². The average Bonchev–Trinajstić information content (AvgIpc) is 3.01. The first-order chi connectivity index (χ1) is 7.05. The van der Waals surface area contributed by atoms with Crippen molar-refractivity contribution < 1.29 is 8.95 Å². The second kappa shape index (κ2) is 3.41. The van der Waals surface area contributed by atoms with Gasteiger partial charge in [-0.3, -0.25) is 0 Å². The molecule has 82 valence electrons. The van der Waals surface area contributed by atoms with Crippen molar-refractivity contribution in [1.29, 1.82) is 4.78 Å². The van der Waals surface area contributed by atoms with Crippen LogP contribution in [0.1, 0.15) is 12.8 Å². The van der Waals surface area contributed by atoms with Crippen LogP contribution >= 0.6 is 0 Å². The number of hydrogen-bond acceptors (Lipinski definition) is 4. The van der Waals surface area contributed by atoms with Crippen LogP contribution < -0.4 is 10.5 Å². The van der Waals surface area contributed by atoms with Crippen LogP contribution in [-0.4, -0.2) is 16.6 Å². The molecule has 4 nitrogen and oxygen atoms in total. The van der Waals surface area contributed by atoms with Gasteiger partial charge in [0.2, 0.25) is 0 Å². The Morgan fingerprint density at radius 2 is 2.20 bits per heavy atom. The Morgan fingerprint density at radius 1 is 1.53 bits per heavy atom. The molecule has 1 unspecified atom stereocenters. The third-order valence-electron chi connectivity index (χ3n) is 2.55. The Balaban J connectivity index is 2.45. The predicted molar refractivity (Wildman–Crippen MR) is 59.6 cm³/mol. The summed E-state index contributed by atoms with van der Waals surface area (Å²) in [7, 11) is -1.14. The Morgan fingerprint density at radius 3 is 2.73 bits per heavy atom. The van der Waals surface area contributed by atoms with Crippen LogP contribution in [0.3, 0.4) is 0 Å². The molecule has 1 aromatic rings. The quantitative estimate of drug-likeness (QED) is 0.772. The molecule has 15 heavy (non-hydrogen) atoms. The first-order valence-corrected chi connectivity index (χ1v) is 6.39. The minimum absolute atomic E-state index is 0.0193. The molecule has 0 spiro atoms. The summed E-state index contributed by atoms with van der Waals surface area (Å²) in [5.74, 6) is 0.494. The molecule has 1 aliphatic carbocycles. The molecule has 1 fully saturated rings. The monoisotopic (exact) mass is 226 g/mol. The van der Waals surface area contributed by atoms with E-state index in [0.717, 1.165) is 12.8 Å². The van der Waals surface area contributed by atoms with E-state index in [-0.39, 0.29) is 5.25 Å². The smallest absolute Gasteiger partial charge is 0.142 e. The van der Waals surface area contributed by atoms with Crippen LogP contribution in [0.2, 0.25) is 0 Å². The highest BCUT2D eigenvalue weighted by Gasteiger charge is 2.33. The maximum atomic E-state index is 12.1. The second-order valence-corrected chi connectivity index (χ2v) is 6.04. The number of hydrogen-bond donors (Lipinski definition) is 2. The van der Waals surface area contributed by atoms with E-state index in [1.807, 2.05) is 0 Å². The van der Waals surface area contributed by atoms with Crippen LogP contribution in [0, 0.1) is 4.78 Å². The summed E-state index contributed by atoms with van der Waals surface area (Å²) in [4.78, 5) is 0.524. The van der Waals surface area contributed by atoms with Gasteiger partial charge in [0.1, 0.15) is 5.75 Å². The van der Waals surface area contributed by atoms with Crippen molar-refractivity contribution in [3.05, 3.63) is 18.2 Å². The van der Waals surface area contributed by atoms with E-state index in [1.165, 1.54) is 7.11 Å². The Kier molecular flexibility index (Phi) is 2.34. The summed E-state index contributed by atoms with van der Waals surface area (Å²) in [6.45, 7) is 0. The Hall–Kier alpha value is -1.23. The minimum atomic E-state index is -2.65. The van der Waals surface area contributed by atoms with Crippen LogP contribution in [0.25, 0.3) is 0 Å². The second-order valence-electron chi connectivity index (χ2n) is 3.70. The van der Waals surface area contributed by atoms with Crippen molar-refractivity contribution in [1.82, 2.24) is 0 Å². The van der Waals surface area contributed by atoms with E-state index in [1.54, 1.807) is 18.2 Å². The summed E-state index contributed by atoms with van der Waals surface area (Å²) >= 11 is 0. The fraction of sp³-hybridized carbons (Fsp3) is 0.400. The lowest BCUT2D eigenvalue weighted by Gasteiger charge is -2.09. The lowest BCUT2D eigenvalue weighted by Crippen LogP contribution is -2.05. The molecular weight excluding hydrogens is 212 g/mol. The fourth-order valence-electron chi connectivity index (χ4n) is 1.47. The number of methoxy groups -OCH3 is 1. The molecule has 3 N–H and O–H groups in total. The minimum Gasteiger partial charge on any atom is -0.495 e. The van der Waals surface area contributed by atoms with Gasteiger partial charge in [0, 0.05) is 5.25 Å². The highest BCUT2D eigenvalue weighted by Crippen LogP contribution is 2.36. The number of ether oxygens (including phenoxy) is 1. The lowest BCUT2D eigenvalue weighted by atomic mass is 10.3. The lowest BCUT2D eigenvalue weighted by molar-refractivity contribution is 0.416. The Labute approximate surface area is 89.4 Å². The molecule has 1 aliphatic rings. The van der Waals surface area contributed by atoms with Crippen molar-refractivity contribution in [3.8, 4) is 5.75 Å². The largest absolute Gasteiger partial charge is 0.495 e. The normalized spacial score (nSPS) is 19.5. The van der Waals surface area contributed by atoms with E-state index < -0.39 is 9.73 Å². The zero-order chi connectivity index (χ0) is 11.1. The van der Waals surface area contributed by atoms with E-state index in [4.69, 9.17) is 15.3 Å². The molecule has 5 heteroatoms. The van der Waals surface area contributed by atoms with Gasteiger partial charge in [0.05, 0.1) is 27.4 Å². The van der Waals surface area contributed by atoms with Gasteiger partial charge in [-0.25, -0.2) is 8.99 Å². The number of nitrogen functional groups attached to an aromatic ring is 1. The van der Waals surface area contributed by atoms with Gasteiger partial charge in [0.25, 0.3) is 0 Å². The molecular formula is C10H14N2O2S.